The zero-order chi connectivity index (χ0) is 20.3. The molecule has 4 rings (SSSR count). The van der Waals surface area contributed by atoms with Crippen LogP contribution in [-0.4, -0.2) is 48.8 Å². The topological polar surface area (TPSA) is 74.8 Å². The molecule has 28 heavy (non-hydrogen) atoms. The smallest absolute Gasteiger partial charge is 0.118 e. The second-order valence-corrected chi connectivity index (χ2v) is 8.08. The van der Waals surface area contributed by atoms with Gasteiger partial charge in [-0.3, -0.25) is 0 Å². The van der Waals surface area contributed by atoms with E-state index in [-0.39, 0.29) is 5.41 Å². The fourth-order valence-corrected chi connectivity index (χ4v) is 2.91. The van der Waals surface area contributed by atoms with Gasteiger partial charge in [-0.05, 0) is 48.2 Å². The maximum absolute atomic E-state index is 9.63. The molecule has 2 heterocycles. The Bertz CT molecular complexity index is 741. The monoisotopic (exact) mass is 386 g/mol. The van der Waals surface area contributed by atoms with E-state index in [0.29, 0.717) is 23.7 Å². The van der Waals surface area contributed by atoms with Crippen LogP contribution in [0.1, 0.15) is 36.1 Å². The molecule has 2 atom stereocenters. The maximum Gasteiger partial charge on any atom is 0.118 e. The lowest BCUT2D eigenvalue weighted by Gasteiger charge is -2.27. The number of phenolic OH excluding ortho intramolecular Hbond substituents is 2. The van der Waals surface area contributed by atoms with Gasteiger partial charge in [-0.2, -0.15) is 0 Å². The number of phenols is 2. The van der Waals surface area contributed by atoms with Gasteiger partial charge in [0.1, 0.15) is 23.7 Å². The molecule has 2 aromatic carbocycles. The third kappa shape index (κ3) is 5.47. The standard InChI is InChI=1S/C17H20O2.C6H10O3/c1-11-9-13(5-7-15(11)18)17(3,4)14-6-8-16(19)12(2)10-14;1(5-3-8-5)7-2-6-4-9-6/h5-10,18-19H,1-4H3;5-6H,1-4H2. The third-order valence-corrected chi connectivity index (χ3v) is 5.25. The van der Waals surface area contributed by atoms with E-state index in [0.717, 1.165) is 48.7 Å². The second-order valence-electron chi connectivity index (χ2n) is 8.08. The van der Waals surface area contributed by atoms with Gasteiger partial charge >= 0.3 is 0 Å². The van der Waals surface area contributed by atoms with E-state index in [1.54, 1.807) is 12.1 Å². The average Bonchev–Trinajstić information content (AvgIpc) is 3.55. The summed E-state index contributed by atoms with van der Waals surface area (Å²) in [6, 6.07) is 11.4. The van der Waals surface area contributed by atoms with Crippen molar-refractivity contribution in [2.24, 2.45) is 0 Å². The molecule has 2 N–H and O–H groups in total. The number of aromatic hydroxyl groups is 2. The molecular weight excluding hydrogens is 356 g/mol. The molecule has 2 aromatic rings. The number of aryl methyl sites for hydroxylation is 2. The van der Waals surface area contributed by atoms with E-state index in [1.807, 2.05) is 38.1 Å². The van der Waals surface area contributed by atoms with E-state index in [2.05, 4.69) is 13.8 Å². The first kappa shape index (κ1) is 20.6. The molecule has 0 aliphatic carbocycles. The lowest BCUT2D eigenvalue weighted by atomic mass is 9.77. The quantitative estimate of drug-likeness (QED) is 0.738. The number of epoxide rings is 2. The summed E-state index contributed by atoms with van der Waals surface area (Å²) in [5.74, 6) is 0.642. The minimum Gasteiger partial charge on any atom is -0.508 e. The molecule has 2 saturated heterocycles. The summed E-state index contributed by atoms with van der Waals surface area (Å²) < 4.78 is 15.1. The summed E-state index contributed by atoms with van der Waals surface area (Å²) in [7, 11) is 0. The van der Waals surface area contributed by atoms with Crippen molar-refractivity contribution in [3.05, 3.63) is 58.7 Å². The number of ether oxygens (including phenoxy) is 3. The molecule has 0 bridgehead atoms. The van der Waals surface area contributed by atoms with E-state index >= 15 is 0 Å². The minimum absolute atomic E-state index is 0.170. The predicted octanol–water partition coefficient (Wildman–Crippen LogP) is 3.84. The van der Waals surface area contributed by atoms with E-state index < -0.39 is 0 Å². The summed E-state index contributed by atoms with van der Waals surface area (Å²) in [5, 5.41) is 19.3. The first-order valence-corrected chi connectivity index (χ1v) is 9.68. The molecule has 2 unspecified atom stereocenters. The molecule has 5 heteroatoms. The van der Waals surface area contributed by atoms with Gasteiger partial charge in [0.15, 0.2) is 0 Å². The van der Waals surface area contributed by atoms with Gasteiger partial charge < -0.3 is 24.4 Å². The van der Waals surface area contributed by atoms with Crippen LogP contribution in [0, 0.1) is 13.8 Å². The highest BCUT2D eigenvalue weighted by Crippen LogP contribution is 2.35. The zero-order valence-electron chi connectivity index (χ0n) is 17.1. The van der Waals surface area contributed by atoms with Gasteiger partial charge in [-0.1, -0.05) is 38.1 Å². The second kappa shape index (κ2) is 8.52. The van der Waals surface area contributed by atoms with E-state index in [4.69, 9.17) is 14.2 Å². The molecule has 0 amide bonds. The first-order chi connectivity index (χ1) is 13.3. The first-order valence-electron chi connectivity index (χ1n) is 9.68. The van der Waals surface area contributed by atoms with Crippen molar-refractivity contribution in [3.8, 4) is 11.5 Å². The summed E-state index contributed by atoms with van der Waals surface area (Å²) >= 11 is 0. The molecule has 2 aliphatic rings. The van der Waals surface area contributed by atoms with Crippen molar-refractivity contribution in [2.75, 3.05) is 26.4 Å². The van der Waals surface area contributed by atoms with Crippen LogP contribution in [-0.2, 0) is 19.6 Å². The van der Waals surface area contributed by atoms with Gasteiger partial charge in [0, 0.05) is 5.41 Å². The van der Waals surface area contributed by atoms with Crippen molar-refractivity contribution in [1.29, 1.82) is 0 Å². The summed E-state index contributed by atoms with van der Waals surface area (Å²) in [6.45, 7) is 11.3. The largest absolute Gasteiger partial charge is 0.508 e. The Labute approximate surface area is 166 Å². The summed E-state index contributed by atoms with van der Waals surface area (Å²) in [4.78, 5) is 0. The highest BCUT2D eigenvalue weighted by molar-refractivity contribution is 5.46. The Morgan fingerprint density at radius 3 is 1.57 bits per heavy atom. The Kier molecular flexibility index (Phi) is 6.28. The highest BCUT2D eigenvalue weighted by Gasteiger charge is 2.26. The Balaban J connectivity index is 0.000000206. The third-order valence-electron chi connectivity index (χ3n) is 5.25. The summed E-state index contributed by atoms with van der Waals surface area (Å²) in [6.07, 6.45) is 0.785. The molecule has 5 nitrogen and oxygen atoms in total. The van der Waals surface area contributed by atoms with Gasteiger partial charge in [-0.25, -0.2) is 0 Å². The number of hydrogen-bond donors (Lipinski definition) is 2. The van der Waals surface area contributed by atoms with Crippen LogP contribution >= 0.6 is 0 Å². The van der Waals surface area contributed by atoms with Crippen molar-refractivity contribution >= 4 is 0 Å². The number of rotatable bonds is 6. The van der Waals surface area contributed by atoms with Gasteiger partial charge in [0.05, 0.1) is 26.4 Å². The average molecular weight is 386 g/mol. The van der Waals surface area contributed by atoms with Crippen LogP contribution in [0.4, 0.5) is 0 Å². The van der Waals surface area contributed by atoms with Crippen molar-refractivity contribution in [2.45, 2.75) is 45.3 Å². The lowest BCUT2D eigenvalue weighted by molar-refractivity contribution is 0.102. The number of benzene rings is 2. The molecule has 2 fully saturated rings. The lowest BCUT2D eigenvalue weighted by Crippen LogP contribution is -2.19. The zero-order valence-corrected chi connectivity index (χ0v) is 17.1. The maximum atomic E-state index is 9.63. The van der Waals surface area contributed by atoms with Crippen molar-refractivity contribution in [3.63, 3.8) is 0 Å². The highest BCUT2D eigenvalue weighted by atomic mass is 16.6. The Morgan fingerprint density at radius 1 is 0.857 bits per heavy atom. The van der Waals surface area contributed by atoms with Crippen LogP contribution in [0.3, 0.4) is 0 Å². The molecule has 0 saturated carbocycles. The van der Waals surface area contributed by atoms with Crippen LogP contribution in [0.2, 0.25) is 0 Å². The van der Waals surface area contributed by atoms with Crippen LogP contribution in [0.15, 0.2) is 36.4 Å². The van der Waals surface area contributed by atoms with Gasteiger partial charge in [0.25, 0.3) is 0 Å². The Morgan fingerprint density at radius 2 is 1.25 bits per heavy atom. The molecule has 152 valence electrons. The minimum atomic E-state index is -0.170. The predicted molar refractivity (Wildman–Crippen MR) is 108 cm³/mol. The molecule has 2 aliphatic heterocycles. The van der Waals surface area contributed by atoms with Crippen LogP contribution in [0.25, 0.3) is 0 Å². The molecular formula is C23H30O5. The van der Waals surface area contributed by atoms with Gasteiger partial charge in [0.2, 0.25) is 0 Å². The summed E-state index contributed by atoms with van der Waals surface area (Å²) in [5.41, 5.74) is 3.87. The normalized spacial score (nSPS) is 20.3. The fourth-order valence-electron chi connectivity index (χ4n) is 2.91. The SMILES string of the molecule is C(OCC1CO1)C1CO1.Cc1cc(C(C)(C)c2ccc(O)c(C)c2)ccc1O. The fraction of sp³-hybridized carbons (Fsp3) is 0.478. The molecule has 0 aromatic heterocycles. The van der Waals surface area contributed by atoms with E-state index in [9.17, 15) is 10.2 Å². The van der Waals surface area contributed by atoms with Crippen LogP contribution in [0.5, 0.6) is 11.5 Å². The van der Waals surface area contributed by atoms with Gasteiger partial charge in [-0.15, -0.1) is 0 Å². The Hall–Kier alpha value is -2.08. The van der Waals surface area contributed by atoms with Crippen LogP contribution < -0.4 is 0 Å². The number of hydrogen-bond acceptors (Lipinski definition) is 5. The van der Waals surface area contributed by atoms with Crippen molar-refractivity contribution in [1.82, 2.24) is 0 Å². The van der Waals surface area contributed by atoms with E-state index in [1.165, 1.54) is 0 Å². The molecule has 0 radical (unpaired) electrons. The molecule has 0 spiro atoms. The van der Waals surface area contributed by atoms with Crippen molar-refractivity contribution < 1.29 is 24.4 Å².